The summed E-state index contributed by atoms with van der Waals surface area (Å²) in [6, 6.07) is 1.34. The average Bonchev–Trinajstić information content (AvgIpc) is 2.71. The number of carboxylic acids is 1. The summed E-state index contributed by atoms with van der Waals surface area (Å²) in [7, 11) is 0. The summed E-state index contributed by atoms with van der Waals surface area (Å²) >= 11 is 5.17. The fraction of sp³-hybridized carbons (Fsp3) is 0.583. The van der Waals surface area contributed by atoms with E-state index < -0.39 is 12.0 Å². The summed E-state index contributed by atoms with van der Waals surface area (Å²) in [5, 5.41) is 14.0. The number of carboxylic acid groups (broad SMARTS) is 1. The first kappa shape index (κ1) is 15.6. The Hall–Kier alpha value is -0.430. The van der Waals surface area contributed by atoms with Crippen molar-refractivity contribution in [3.8, 4) is 0 Å². The van der Waals surface area contributed by atoms with E-state index in [4.69, 9.17) is 10.8 Å². The van der Waals surface area contributed by atoms with E-state index in [0.717, 1.165) is 11.0 Å². The number of nitrogens with two attached hydrogens (primary N) is 1. The highest BCUT2D eigenvalue weighted by atomic mass is 79.9. The Morgan fingerprint density at radius 2 is 2.33 bits per heavy atom. The minimum Gasteiger partial charge on any atom is -0.480 e. The first-order valence-electron chi connectivity index (χ1n) is 5.76. The molecule has 0 saturated heterocycles. The number of nitrogens with one attached hydrogen (secondary N) is 1. The largest absolute Gasteiger partial charge is 0.480 e. The van der Waals surface area contributed by atoms with E-state index >= 15 is 0 Å². The summed E-state index contributed by atoms with van der Waals surface area (Å²) < 4.78 is 1.10. The summed E-state index contributed by atoms with van der Waals surface area (Å²) in [4.78, 5) is 11.9. The third kappa shape index (κ3) is 4.68. The summed E-state index contributed by atoms with van der Waals surface area (Å²) in [6.07, 6.45) is 0.444. The molecule has 1 atom stereocenters. The first-order valence-corrected chi connectivity index (χ1v) is 7.44. The summed E-state index contributed by atoms with van der Waals surface area (Å²) in [5.74, 6) is -0.946. The van der Waals surface area contributed by atoms with Gasteiger partial charge in [-0.2, -0.15) is 0 Å². The van der Waals surface area contributed by atoms with Crippen LogP contribution in [0.25, 0.3) is 0 Å². The first-order chi connectivity index (χ1) is 8.33. The molecule has 0 bridgehead atoms. The van der Waals surface area contributed by atoms with Gasteiger partial charge in [0.05, 0.1) is 0 Å². The molecule has 0 radical (unpaired) electrons. The molecule has 1 aromatic heterocycles. The second-order valence-corrected chi connectivity index (χ2v) is 6.75. The van der Waals surface area contributed by atoms with Crippen LogP contribution in [-0.4, -0.2) is 30.2 Å². The normalized spacial score (nSPS) is 13.6. The van der Waals surface area contributed by atoms with Crippen LogP contribution < -0.4 is 11.1 Å². The maximum atomic E-state index is 10.6. The molecule has 1 aromatic rings. The van der Waals surface area contributed by atoms with Gasteiger partial charge in [-0.25, -0.2) is 0 Å². The third-order valence-electron chi connectivity index (χ3n) is 2.75. The van der Waals surface area contributed by atoms with Gasteiger partial charge < -0.3 is 16.2 Å². The van der Waals surface area contributed by atoms with Crippen LogP contribution in [0.2, 0.25) is 0 Å². The van der Waals surface area contributed by atoms with Crippen LogP contribution in [0.1, 0.15) is 25.1 Å². The minimum absolute atomic E-state index is 0.0318. The topological polar surface area (TPSA) is 75.3 Å². The molecule has 0 aliphatic heterocycles. The maximum Gasteiger partial charge on any atom is 0.320 e. The Morgan fingerprint density at radius 3 is 2.83 bits per heavy atom. The van der Waals surface area contributed by atoms with Crippen molar-refractivity contribution in [1.29, 1.82) is 0 Å². The third-order valence-corrected chi connectivity index (χ3v) is 4.81. The highest BCUT2D eigenvalue weighted by Crippen LogP contribution is 2.30. The van der Waals surface area contributed by atoms with E-state index in [-0.39, 0.29) is 5.41 Å². The van der Waals surface area contributed by atoms with Gasteiger partial charge in [-0.15, -0.1) is 11.3 Å². The Bertz CT molecular complexity index is 407. The van der Waals surface area contributed by atoms with Gasteiger partial charge in [0, 0.05) is 26.7 Å². The molecule has 1 unspecified atom stereocenters. The van der Waals surface area contributed by atoms with E-state index in [2.05, 4.69) is 46.5 Å². The number of thiophene rings is 1. The molecule has 0 aliphatic carbocycles. The van der Waals surface area contributed by atoms with Crippen molar-refractivity contribution in [2.75, 3.05) is 13.1 Å². The van der Waals surface area contributed by atoms with Crippen LogP contribution in [0.4, 0.5) is 0 Å². The van der Waals surface area contributed by atoms with E-state index in [1.54, 1.807) is 11.3 Å². The molecular weight excluding hydrogens is 316 g/mol. The Morgan fingerprint density at radius 1 is 1.67 bits per heavy atom. The number of carbonyl (C=O) groups is 1. The van der Waals surface area contributed by atoms with Crippen LogP contribution in [0, 0.1) is 0 Å². The van der Waals surface area contributed by atoms with Crippen LogP contribution in [-0.2, 0) is 10.2 Å². The molecule has 18 heavy (non-hydrogen) atoms. The molecule has 0 amide bonds. The molecular formula is C12H19BrN2O2S. The Kier molecular flexibility index (Phi) is 5.78. The Labute approximate surface area is 120 Å². The molecule has 0 aliphatic rings. The lowest BCUT2D eigenvalue weighted by Gasteiger charge is -2.24. The molecule has 0 fully saturated rings. The maximum absolute atomic E-state index is 10.6. The van der Waals surface area contributed by atoms with Crippen molar-refractivity contribution in [3.05, 3.63) is 20.8 Å². The molecule has 1 heterocycles. The van der Waals surface area contributed by atoms with Gasteiger partial charge in [0.25, 0.3) is 0 Å². The van der Waals surface area contributed by atoms with Crippen molar-refractivity contribution >= 4 is 33.2 Å². The number of halogens is 1. The summed E-state index contributed by atoms with van der Waals surface area (Å²) in [5.41, 5.74) is 5.47. The monoisotopic (exact) mass is 334 g/mol. The SMILES string of the molecule is CC(C)(CNCCC(N)C(=O)O)c1cc(Br)cs1. The predicted molar refractivity (Wildman–Crippen MR) is 78.1 cm³/mol. The van der Waals surface area contributed by atoms with Crippen molar-refractivity contribution in [1.82, 2.24) is 5.32 Å². The van der Waals surface area contributed by atoms with E-state index in [9.17, 15) is 4.79 Å². The zero-order valence-corrected chi connectivity index (χ0v) is 13.0. The fourth-order valence-corrected chi connectivity index (χ4v) is 3.09. The second kappa shape index (κ2) is 6.65. The lowest BCUT2D eigenvalue weighted by molar-refractivity contribution is -0.138. The summed E-state index contributed by atoms with van der Waals surface area (Å²) in [6.45, 7) is 5.74. The second-order valence-electron chi connectivity index (χ2n) is 4.92. The average molecular weight is 335 g/mol. The number of rotatable bonds is 7. The Balaban J connectivity index is 2.36. The molecule has 1 rings (SSSR count). The van der Waals surface area contributed by atoms with Crippen LogP contribution in [0.15, 0.2) is 15.9 Å². The van der Waals surface area contributed by atoms with Gasteiger partial charge >= 0.3 is 5.97 Å². The van der Waals surface area contributed by atoms with Crippen molar-refractivity contribution in [2.24, 2.45) is 5.73 Å². The number of hydrogen-bond donors (Lipinski definition) is 3. The highest BCUT2D eigenvalue weighted by molar-refractivity contribution is 9.10. The smallest absolute Gasteiger partial charge is 0.320 e. The van der Waals surface area contributed by atoms with E-state index in [0.29, 0.717) is 13.0 Å². The lowest BCUT2D eigenvalue weighted by atomic mass is 9.91. The number of aliphatic carboxylic acids is 1. The number of hydrogen-bond acceptors (Lipinski definition) is 4. The van der Waals surface area contributed by atoms with Crippen molar-refractivity contribution in [3.63, 3.8) is 0 Å². The quantitative estimate of drug-likeness (QED) is 0.668. The van der Waals surface area contributed by atoms with Gasteiger partial charge in [0.2, 0.25) is 0 Å². The van der Waals surface area contributed by atoms with Crippen LogP contribution >= 0.6 is 27.3 Å². The van der Waals surface area contributed by atoms with Gasteiger partial charge in [-0.1, -0.05) is 13.8 Å². The van der Waals surface area contributed by atoms with Gasteiger partial charge in [0.1, 0.15) is 6.04 Å². The zero-order chi connectivity index (χ0) is 13.8. The molecule has 0 aromatic carbocycles. The zero-order valence-electron chi connectivity index (χ0n) is 10.6. The van der Waals surface area contributed by atoms with Crippen molar-refractivity contribution < 1.29 is 9.90 Å². The minimum atomic E-state index is -0.946. The molecule has 0 spiro atoms. The standard InChI is InChI=1S/C12H19BrN2O2S/c1-12(2,10-5-8(13)6-18-10)7-15-4-3-9(14)11(16)17/h5-6,9,15H,3-4,7,14H2,1-2H3,(H,16,17). The van der Waals surface area contributed by atoms with Gasteiger partial charge in [-0.3, -0.25) is 4.79 Å². The van der Waals surface area contributed by atoms with Crippen molar-refractivity contribution in [2.45, 2.75) is 31.7 Å². The van der Waals surface area contributed by atoms with Gasteiger partial charge in [-0.05, 0) is 35.0 Å². The highest BCUT2D eigenvalue weighted by Gasteiger charge is 2.22. The van der Waals surface area contributed by atoms with E-state index in [1.807, 2.05) is 0 Å². The lowest BCUT2D eigenvalue weighted by Crippen LogP contribution is -2.37. The van der Waals surface area contributed by atoms with Gasteiger partial charge in [0.15, 0.2) is 0 Å². The molecule has 4 nitrogen and oxygen atoms in total. The van der Waals surface area contributed by atoms with E-state index in [1.165, 1.54) is 4.88 Å². The molecule has 4 N–H and O–H groups in total. The molecule has 102 valence electrons. The van der Waals surface area contributed by atoms with Crippen LogP contribution in [0.5, 0.6) is 0 Å². The predicted octanol–water partition coefficient (Wildman–Crippen LogP) is 2.18. The van der Waals surface area contributed by atoms with Crippen LogP contribution in [0.3, 0.4) is 0 Å². The fourth-order valence-electron chi connectivity index (χ4n) is 1.54. The molecule has 0 saturated carbocycles. The molecule has 6 heteroatoms.